The van der Waals surface area contributed by atoms with E-state index in [2.05, 4.69) is 18.4 Å². The first-order valence-electron chi connectivity index (χ1n) is 7.46. The summed E-state index contributed by atoms with van der Waals surface area (Å²) in [6, 6.07) is 5.32. The molecule has 0 radical (unpaired) electrons. The summed E-state index contributed by atoms with van der Waals surface area (Å²) in [5.74, 6) is -0.885. The van der Waals surface area contributed by atoms with Crippen molar-refractivity contribution in [2.24, 2.45) is 0 Å². The Bertz CT molecular complexity index is 643. The van der Waals surface area contributed by atoms with E-state index >= 15 is 0 Å². The Labute approximate surface area is 125 Å². The molecule has 0 aliphatic heterocycles. The standard InChI is InChI=1S/C17H23NO3/c1-4-5-9-21-10-8-18-13(3)12(2)15-11-14(17(19)20)6-7-16(15)18/h6-7,11H,4-5,8-10H2,1-3H3,(H,19,20). The quantitative estimate of drug-likeness (QED) is 0.789. The summed E-state index contributed by atoms with van der Waals surface area (Å²) < 4.78 is 7.85. The molecule has 2 rings (SSSR count). The predicted molar refractivity (Wildman–Crippen MR) is 84.1 cm³/mol. The maximum absolute atomic E-state index is 11.1. The zero-order valence-electron chi connectivity index (χ0n) is 13.0. The van der Waals surface area contributed by atoms with Crippen molar-refractivity contribution in [3.63, 3.8) is 0 Å². The summed E-state index contributed by atoms with van der Waals surface area (Å²) in [6.07, 6.45) is 2.23. The third-order valence-electron chi connectivity index (χ3n) is 3.99. The monoisotopic (exact) mass is 289 g/mol. The summed E-state index contributed by atoms with van der Waals surface area (Å²) in [6.45, 7) is 8.55. The Morgan fingerprint density at radius 3 is 2.71 bits per heavy atom. The Morgan fingerprint density at radius 2 is 2.05 bits per heavy atom. The van der Waals surface area contributed by atoms with Crippen molar-refractivity contribution < 1.29 is 14.6 Å². The van der Waals surface area contributed by atoms with Gasteiger partial charge in [-0.05, 0) is 44.0 Å². The molecular formula is C17H23NO3. The summed E-state index contributed by atoms with van der Waals surface area (Å²) in [5, 5.41) is 10.1. The van der Waals surface area contributed by atoms with Crippen LogP contribution in [-0.2, 0) is 11.3 Å². The van der Waals surface area contributed by atoms with E-state index in [0.717, 1.165) is 42.5 Å². The molecule has 0 saturated carbocycles. The number of aromatic carboxylic acids is 1. The number of nitrogens with zero attached hydrogens (tertiary/aromatic N) is 1. The number of aryl methyl sites for hydroxylation is 1. The molecule has 0 unspecified atom stereocenters. The van der Waals surface area contributed by atoms with Crippen molar-refractivity contribution in [2.45, 2.75) is 40.2 Å². The number of aromatic nitrogens is 1. The topological polar surface area (TPSA) is 51.5 Å². The van der Waals surface area contributed by atoms with Gasteiger partial charge in [0.15, 0.2) is 0 Å². The highest BCUT2D eigenvalue weighted by Crippen LogP contribution is 2.26. The molecule has 1 heterocycles. The van der Waals surface area contributed by atoms with Crippen molar-refractivity contribution >= 4 is 16.9 Å². The number of hydrogen-bond donors (Lipinski definition) is 1. The van der Waals surface area contributed by atoms with Gasteiger partial charge in [-0.1, -0.05) is 13.3 Å². The Balaban J connectivity index is 2.23. The minimum atomic E-state index is -0.885. The summed E-state index contributed by atoms with van der Waals surface area (Å²) >= 11 is 0. The van der Waals surface area contributed by atoms with E-state index in [1.165, 1.54) is 5.69 Å². The van der Waals surface area contributed by atoms with Gasteiger partial charge < -0.3 is 14.4 Å². The van der Waals surface area contributed by atoms with Crippen LogP contribution in [0.4, 0.5) is 0 Å². The average Bonchev–Trinajstić information content (AvgIpc) is 2.71. The molecule has 0 fully saturated rings. The molecule has 2 aromatic rings. The van der Waals surface area contributed by atoms with Gasteiger partial charge in [0, 0.05) is 29.7 Å². The second-order valence-corrected chi connectivity index (χ2v) is 5.37. The van der Waals surface area contributed by atoms with Crippen LogP contribution in [0.3, 0.4) is 0 Å². The number of ether oxygens (including phenoxy) is 1. The molecule has 1 aromatic carbocycles. The number of hydrogen-bond acceptors (Lipinski definition) is 2. The Hall–Kier alpha value is -1.81. The van der Waals surface area contributed by atoms with Crippen molar-refractivity contribution in [3.05, 3.63) is 35.0 Å². The van der Waals surface area contributed by atoms with Crippen LogP contribution in [0.25, 0.3) is 10.9 Å². The van der Waals surface area contributed by atoms with Gasteiger partial charge in [-0.15, -0.1) is 0 Å². The van der Waals surface area contributed by atoms with Crippen LogP contribution in [0.1, 0.15) is 41.4 Å². The highest BCUT2D eigenvalue weighted by Gasteiger charge is 2.13. The van der Waals surface area contributed by atoms with Crippen LogP contribution in [-0.4, -0.2) is 28.9 Å². The first kappa shape index (κ1) is 15.6. The fourth-order valence-corrected chi connectivity index (χ4v) is 2.58. The molecule has 0 spiro atoms. The molecule has 0 saturated heterocycles. The number of unbranched alkanes of at least 4 members (excludes halogenated alkanes) is 1. The number of carbonyl (C=O) groups is 1. The van der Waals surface area contributed by atoms with Crippen LogP contribution in [0, 0.1) is 13.8 Å². The number of benzene rings is 1. The second-order valence-electron chi connectivity index (χ2n) is 5.37. The zero-order valence-corrected chi connectivity index (χ0v) is 13.0. The minimum absolute atomic E-state index is 0.335. The lowest BCUT2D eigenvalue weighted by Crippen LogP contribution is -2.08. The van der Waals surface area contributed by atoms with Crippen LogP contribution < -0.4 is 0 Å². The molecule has 0 amide bonds. The molecule has 1 N–H and O–H groups in total. The zero-order chi connectivity index (χ0) is 15.4. The van der Waals surface area contributed by atoms with Gasteiger partial charge in [0.1, 0.15) is 0 Å². The molecule has 21 heavy (non-hydrogen) atoms. The highest BCUT2D eigenvalue weighted by atomic mass is 16.5. The number of fused-ring (bicyclic) bond motifs is 1. The summed E-state index contributed by atoms with van der Waals surface area (Å²) in [4.78, 5) is 11.1. The molecule has 0 aliphatic rings. The van der Waals surface area contributed by atoms with Crippen LogP contribution in [0.5, 0.6) is 0 Å². The second kappa shape index (κ2) is 6.76. The molecular weight excluding hydrogens is 266 g/mol. The van der Waals surface area contributed by atoms with Gasteiger partial charge in [-0.3, -0.25) is 0 Å². The molecule has 1 aromatic heterocycles. The van der Waals surface area contributed by atoms with Crippen LogP contribution >= 0.6 is 0 Å². The molecule has 0 aliphatic carbocycles. The molecule has 114 valence electrons. The third-order valence-corrected chi connectivity index (χ3v) is 3.99. The van der Waals surface area contributed by atoms with Gasteiger partial charge >= 0.3 is 5.97 Å². The smallest absolute Gasteiger partial charge is 0.335 e. The number of carboxylic acid groups (broad SMARTS) is 1. The van der Waals surface area contributed by atoms with Crippen LogP contribution in [0.2, 0.25) is 0 Å². The third kappa shape index (κ3) is 3.27. The van der Waals surface area contributed by atoms with E-state index in [1.807, 2.05) is 13.0 Å². The average molecular weight is 289 g/mol. The van der Waals surface area contributed by atoms with E-state index in [4.69, 9.17) is 9.84 Å². The first-order valence-corrected chi connectivity index (χ1v) is 7.46. The minimum Gasteiger partial charge on any atom is -0.478 e. The number of rotatable bonds is 7. The summed E-state index contributed by atoms with van der Waals surface area (Å²) in [5.41, 5.74) is 3.73. The van der Waals surface area contributed by atoms with Crippen molar-refractivity contribution in [2.75, 3.05) is 13.2 Å². The van der Waals surface area contributed by atoms with Gasteiger partial charge in [0.2, 0.25) is 0 Å². The van der Waals surface area contributed by atoms with Crippen LogP contribution in [0.15, 0.2) is 18.2 Å². The highest BCUT2D eigenvalue weighted by molar-refractivity contribution is 5.95. The van der Waals surface area contributed by atoms with Gasteiger partial charge in [0.05, 0.1) is 12.2 Å². The largest absolute Gasteiger partial charge is 0.478 e. The van der Waals surface area contributed by atoms with E-state index in [0.29, 0.717) is 12.2 Å². The van der Waals surface area contributed by atoms with Crippen molar-refractivity contribution in [3.8, 4) is 0 Å². The normalized spacial score (nSPS) is 11.2. The van der Waals surface area contributed by atoms with E-state index in [-0.39, 0.29) is 0 Å². The fraction of sp³-hybridized carbons (Fsp3) is 0.471. The predicted octanol–water partition coefficient (Wildman–Crippen LogP) is 3.77. The van der Waals surface area contributed by atoms with Gasteiger partial charge in [-0.25, -0.2) is 4.79 Å². The molecule has 4 nitrogen and oxygen atoms in total. The number of carboxylic acids is 1. The van der Waals surface area contributed by atoms with E-state index in [9.17, 15) is 4.79 Å². The lowest BCUT2D eigenvalue weighted by molar-refractivity contribution is 0.0697. The first-order chi connectivity index (χ1) is 10.1. The Kier molecular flexibility index (Phi) is 5.02. The SMILES string of the molecule is CCCCOCCn1c(C)c(C)c2cc(C(=O)O)ccc21. The van der Waals surface area contributed by atoms with E-state index < -0.39 is 5.97 Å². The maximum Gasteiger partial charge on any atom is 0.335 e. The fourth-order valence-electron chi connectivity index (χ4n) is 2.58. The lowest BCUT2D eigenvalue weighted by atomic mass is 10.1. The molecule has 0 bridgehead atoms. The molecule has 0 atom stereocenters. The maximum atomic E-state index is 11.1. The molecule has 4 heteroatoms. The Morgan fingerprint density at radius 1 is 1.29 bits per heavy atom. The van der Waals surface area contributed by atoms with Crippen molar-refractivity contribution in [1.29, 1.82) is 0 Å². The van der Waals surface area contributed by atoms with E-state index in [1.54, 1.807) is 12.1 Å². The van der Waals surface area contributed by atoms with Gasteiger partial charge in [-0.2, -0.15) is 0 Å². The van der Waals surface area contributed by atoms with Gasteiger partial charge in [0.25, 0.3) is 0 Å². The van der Waals surface area contributed by atoms with Crippen molar-refractivity contribution in [1.82, 2.24) is 4.57 Å². The lowest BCUT2D eigenvalue weighted by Gasteiger charge is -2.09. The summed E-state index contributed by atoms with van der Waals surface area (Å²) in [7, 11) is 0.